The van der Waals surface area contributed by atoms with Crippen molar-refractivity contribution in [3.63, 3.8) is 0 Å². The van der Waals surface area contributed by atoms with E-state index in [1.165, 1.54) is 29.1 Å². The summed E-state index contributed by atoms with van der Waals surface area (Å²) in [4.78, 5) is 7.24. The third-order valence-corrected chi connectivity index (χ3v) is 6.53. The van der Waals surface area contributed by atoms with Crippen molar-refractivity contribution in [2.24, 2.45) is 0 Å². The summed E-state index contributed by atoms with van der Waals surface area (Å²) in [6.45, 7) is 5.95. The van der Waals surface area contributed by atoms with Gasteiger partial charge in [-0.3, -0.25) is 0 Å². The minimum absolute atomic E-state index is 0.446. The Labute approximate surface area is 157 Å². The van der Waals surface area contributed by atoms with Crippen LogP contribution in [0.3, 0.4) is 0 Å². The van der Waals surface area contributed by atoms with Crippen LogP contribution in [0.5, 0.6) is 0 Å². The van der Waals surface area contributed by atoms with E-state index in [1.54, 1.807) is 11.3 Å². The predicted molar refractivity (Wildman–Crippen MR) is 104 cm³/mol. The minimum Gasteiger partial charge on any atom is -0.363 e. The quantitative estimate of drug-likeness (QED) is 0.700. The second-order valence-corrected chi connectivity index (χ2v) is 8.39. The molecule has 2 aromatic heterocycles. The van der Waals surface area contributed by atoms with Gasteiger partial charge >= 0.3 is 0 Å². The first kappa shape index (κ1) is 16.0. The Morgan fingerprint density at radius 1 is 1.15 bits per heavy atom. The smallest absolute Gasteiger partial charge is 0.152 e. The van der Waals surface area contributed by atoms with Crippen LogP contribution in [0.1, 0.15) is 52.7 Å². The Balaban J connectivity index is 1.48. The summed E-state index contributed by atoms with van der Waals surface area (Å²) in [6, 6.07) is 9.38. The second kappa shape index (κ2) is 6.20. The summed E-state index contributed by atoms with van der Waals surface area (Å²) in [5.41, 5.74) is 3.87. The highest BCUT2D eigenvalue weighted by Crippen LogP contribution is 2.39. The van der Waals surface area contributed by atoms with E-state index in [0.29, 0.717) is 12.0 Å². The van der Waals surface area contributed by atoms with Gasteiger partial charge in [0.2, 0.25) is 0 Å². The van der Waals surface area contributed by atoms with Crippen LogP contribution < -0.4 is 4.90 Å². The van der Waals surface area contributed by atoms with Gasteiger partial charge in [0.1, 0.15) is 5.82 Å². The Bertz CT molecular complexity index is 939. The molecule has 5 rings (SSSR count). The van der Waals surface area contributed by atoms with E-state index >= 15 is 0 Å². The van der Waals surface area contributed by atoms with Crippen molar-refractivity contribution in [3.05, 3.63) is 57.6 Å². The Kier molecular flexibility index (Phi) is 3.81. The predicted octanol–water partition coefficient (Wildman–Crippen LogP) is 4.03. The van der Waals surface area contributed by atoms with Crippen molar-refractivity contribution in [2.45, 2.75) is 51.6 Å². The molecule has 1 aliphatic heterocycles. The van der Waals surface area contributed by atoms with E-state index in [9.17, 15) is 0 Å². The molecule has 1 atom stereocenters. The van der Waals surface area contributed by atoms with E-state index in [4.69, 9.17) is 4.98 Å². The number of nitrogens with zero attached hydrogens (tertiary/aromatic N) is 5. The summed E-state index contributed by atoms with van der Waals surface area (Å²) >= 11 is 1.79. The van der Waals surface area contributed by atoms with Crippen molar-refractivity contribution < 1.29 is 0 Å². The largest absolute Gasteiger partial charge is 0.363 e. The number of anilines is 1. The fraction of sp³-hybridized carbons (Fsp3) is 0.450. The van der Waals surface area contributed by atoms with E-state index in [2.05, 4.69) is 63.2 Å². The molecule has 2 aliphatic rings. The lowest BCUT2D eigenvalue weighted by molar-refractivity contribution is 0.575. The van der Waals surface area contributed by atoms with E-state index in [1.807, 2.05) is 0 Å². The number of aryl methyl sites for hydroxylation is 2. The summed E-state index contributed by atoms with van der Waals surface area (Å²) in [6.07, 6.45) is 3.57. The molecule has 134 valence electrons. The number of aromatic nitrogens is 4. The molecule has 0 saturated heterocycles. The normalized spacial score (nSPS) is 19.6. The van der Waals surface area contributed by atoms with Gasteiger partial charge in [0.05, 0.1) is 11.6 Å². The zero-order valence-electron chi connectivity index (χ0n) is 15.2. The maximum Gasteiger partial charge on any atom is 0.152 e. The lowest BCUT2D eigenvalue weighted by atomic mass is 9.93. The van der Waals surface area contributed by atoms with Crippen LogP contribution in [-0.4, -0.2) is 26.3 Å². The molecule has 6 heteroatoms. The van der Waals surface area contributed by atoms with E-state index in [-0.39, 0.29) is 0 Å². The number of benzene rings is 1. The fourth-order valence-corrected chi connectivity index (χ4v) is 4.95. The molecule has 1 fully saturated rings. The van der Waals surface area contributed by atoms with Crippen LogP contribution >= 0.6 is 11.3 Å². The number of rotatable bonds is 4. The molecule has 0 bridgehead atoms. The zero-order chi connectivity index (χ0) is 17.7. The molecule has 26 heavy (non-hydrogen) atoms. The van der Waals surface area contributed by atoms with Crippen LogP contribution in [0.25, 0.3) is 0 Å². The molecule has 5 nitrogen and oxygen atoms in total. The summed E-state index contributed by atoms with van der Waals surface area (Å²) in [7, 11) is 0. The highest BCUT2D eigenvalue weighted by molar-refractivity contribution is 7.09. The number of para-hydroxylation sites is 1. The van der Waals surface area contributed by atoms with Crippen LogP contribution in [0.4, 0.5) is 5.69 Å². The van der Waals surface area contributed by atoms with Crippen molar-refractivity contribution in [1.29, 1.82) is 0 Å². The molecule has 0 amide bonds. The van der Waals surface area contributed by atoms with Gasteiger partial charge in [0.15, 0.2) is 5.82 Å². The monoisotopic (exact) mass is 365 g/mol. The van der Waals surface area contributed by atoms with Crippen LogP contribution in [0, 0.1) is 13.8 Å². The summed E-state index contributed by atoms with van der Waals surface area (Å²) in [5, 5.41) is 12.3. The van der Waals surface area contributed by atoms with Crippen molar-refractivity contribution in [3.8, 4) is 0 Å². The van der Waals surface area contributed by atoms with Crippen LogP contribution in [0.2, 0.25) is 0 Å². The van der Waals surface area contributed by atoms with E-state index in [0.717, 1.165) is 36.9 Å². The Morgan fingerprint density at radius 3 is 2.77 bits per heavy atom. The van der Waals surface area contributed by atoms with Gasteiger partial charge in [-0.2, -0.15) is 0 Å². The number of hydrogen-bond donors (Lipinski definition) is 0. The highest BCUT2D eigenvalue weighted by atomic mass is 32.1. The average molecular weight is 366 g/mol. The first-order chi connectivity index (χ1) is 12.7. The first-order valence-electron chi connectivity index (χ1n) is 9.34. The molecular weight excluding hydrogens is 342 g/mol. The van der Waals surface area contributed by atoms with Gasteiger partial charge in [-0.1, -0.05) is 18.2 Å². The molecular formula is C20H23N5S. The van der Waals surface area contributed by atoms with Gasteiger partial charge in [-0.15, -0.1) is 21.5 Å². The summed E-state index contributed by atoms with van der Waals surface area (Å²) in [5.74, 6) is 2.58. The third-order valence-electron chi connectivity index (χ3n) is 5.41. The molecule has 0 spiro atoms. The molecule has 0 radical (unpaired) electrons. The van der Waals surface area contributed by atoms with Crippen molar-refractivity contribution >= 4 is 17.0 Å². The molecule has 1 aromatic carbocycles. The fourth-order valence-electron chi connectivity index (χ4n) is 4.06. The SMILES string of the molecule is Cc1csc(C2Cc3ccccc3N(Cc3nnc(C)n3C3CC3)C2)n1. The van der Waals surface area contributed by atoms with Crippen molar-refractivity contribution in [1.82, 2.24) is 19.7 Å². The second-order valence-electron chi connectivity index (χ2n) is 7.50. The van der Waals surface area contributed by atoms with Gasteiger partial charge in [-0.05, 0) is 44.7 Å². The average Bonchev–Trinajstić information content (AvgIpc) is 3.28. The first-order valence-corrected chi connectivity index (χ1v) is 10.2. The number of fused-ring (bicyclic) bond motifs is 1. The van der Waals surface area contributed by atoms with Crippen LogP contribution in [0.15, 0.2) is 29.6 Å². The minimum atomic E-state index is 0.446. The maximum absolute atomic E-state index is 4.77. The molecule has 1 aliphatic carbocycles. The standard InChI is InChI=1S/C20H23N5S/c1-13-12-26-20(21-13)16-9-15-5-3-4-6-18(15)24(10-16)11-19-23-22-14(2)25(19)17-7-8-17/h3-6,12,16-17H,7-11H2,1-2H3. The molecule has 1 unspecified atom stereocenters. The van der Waals surface area contributed by atoms with Gasteiger partial charge in [-0.25, -0.2) is 4.98 Å². The molecule has 0 N–H and O–H groups in total. The zero-order valence-corrected chi connectivity index (χ0v) is 16.0. The Hall–Kier alpha value is -2.21. The lowest BCUT2D eigenvalue weighted by Crippen LogP contribution is -2.34. The third kappa shape index (κ3) is 2.82. The molecule has 3 aromatic rings. The van der Waals surface area contributed by atoms with Crippen LogP contribution in [-0.2, 0) is 13.0 Å². The maximum atomic E-state index is 4.77. The van der Waals surface area contributed by atoms with Crippen molar-refractivity contribution in [2.75, 3.05) is 11.4 Å². The topological polar surface area (TPSA) is 46.8 Å². The Morgan fingerprint density at radius 2 is 2.00 bits per heavy atom. The number of thiazole rings is 1. The summed E-state index contributed by atoms with van der Waals surface area (Å²) < 4.78 is 2.35. The van der Waals surface area contributed by atoms with Gasteiger partial charge in [0, 0.05) is 35.3 Å². The lowest BCUT2D eigenvalue weighted by Gasteiger charge is -2.35. The van der Waals surface area contributed by atoms with Gasteiger partial charge < -0.3 is 9.47 Å². The van der Waals surface area contributed by atoms with E-state index < -0.39 is 0 Å². The molecule has 1 saturated carbocycles. The van der Waals surface area contributed by atoms with Gasteiger partial charge in [0.25, 0.3) is 0 Å². The number of hydrogen-bond acceptors (Lipinski definition) is 5. The molecule has 3 heterocycles. The highest BCUT2D eigenvalue weighted by Gasteiger charge is 2.31.